The highest BCUT2D eigenvalue weighted by Crippen LogP contribution is 2.43. The van der Waals surface area contributed by atoms with Gasteiger partial charge in [-0.05, 0) is 49.5 Å². The fraction of sp³-hybridized carbons (Fsp3) is 1.00. The Morgan fingerprint density at radius 2 is 1.81 bits per heavy atom. The molecule has 2 saturated carbocycles. The second-order valence-corrected chi connectivity index (χ2v) is 6.15. The zero-order valence-electron chi connectivity index (χ0n) is 11.0. The van der Waals surface area contributed by atoms with E-state index in [4.69, 9.17) is 5.73 Å². The molecule has 0 saturated heterocycles. The van der Waals surface area contributed by atoms with E-state index in [2.05, 4.69) is 6.92 Å². The Balaban J connectivity index is 1.93. The van der Waals surface area contributed by atoms with Crippen molar-refractivity contribution in [2.24, 2.45) is 29.4 Å². The zero-order valence-corrected chi connectivity index (χ0v) is 11.0. The summed E-state index contributed by atoms with van der Waals surface area (Å²) < 4.78 is 0. The highest BCUT2D eigenvalue weighted by molar-refractivity contribution is 4.85. The van der Waals surface area contributed by atoms with Crippen LogP contribution in [-0.2, 0) is 0 Å². The van der Waals surface area contributed by atoms with Gasteiger partial charge in [-0.25, -0.2) is 0 Å². The summed E-state index contributed by atoms with van der Waals surface area (Å²) in [5, 5.41) is 0. The van der Waals surface area contributed by atoms with Crippen molar-refractivity contribution in [2.45, 2.75) is 64.7 Å². The molecular formula is C15H29N. The predicted molar refractivity (Wildman–Crippen MR) is 70.2 cm³/mol. The minimum absolute atomic E-state index is 0.856. The molecule has 2 fully saturated rings. The van der Waals surface area contributed by atoms with E-state index in [1.165, 1.54) is 57.8 Å². The first-order chi connectivity index (χ1) is 7.85. The number of rotatable bonds is 3. The Morgan fingerprint density at radius 3 is 2.56 bits per heavy atom. The minimum atomic E-state index is 0.856. The van der Waals surface area contributed by atoms with Crippen LogP contribution in [-0.4, -0.2) is 6.54 Å². The highest BCUT2D eigenvalue weighted by Gasteiger charge is 2.33. The number of nitrogens with two attached hydrogens (primary N) is 1. The number of hydrogen-bond donors (Lipinski definition) is 1. The van der Waals surface area contributed by atoms with Gasteiger partial charge in [-0.3, -0.25) is 0 Å². The van der Waals surface area contributed by atoms with Gasteiger partial charge in [0, 0.05) is 0 Å². The van der Waals surface area contributed by atoms with Crippen LogP contribution < -0.4 is 5.73 Å². The van der Waals surface area contributed by atoms with Crippen molar-refractivity contribution < 1.29 is 0 Å². The Kier molecular flexibility index (Phi) is 4.69. The van der Waals surface area contributed by atoms with E-state index in [1.807, 2.05) is 0 Å². The Hall–Kier alpha value is -0.0400. The van der Waals surface area contributed by atoms with Crippen molar-refractivity contribution in [1.82, 2.24) is 0 Å². The summed E-state index contributed by atoms with van der Waals surface area (Å²) in [5.74, 6) is 3.88. The molecule has 1 nitrogen and oxygen atoms in total. The van der Waals surface area contributed by atoms with Gasteiger partial charge in [-0.2, -0.15) is 0 Å². The van der Waals surface area contributed by atoms with Gasteiger partial charge in [0.15, 0.2) is 0 Å². The summed E-state index contributed by atoms with van der Waals surface area (Å²) in [6.07, 6.45) is 13.2. The molecule has 2 rings (SSSR count). The summed E-state index contributed by atoms with van der Waals surface area (Å²) in [6.45, 7) is 3.31. The van der Waals surface area contributed by atoms with E-state index in [0.717, 1.165) is 30.2 Å². The average molecular weight is 223 g/mol. The lowest BCUT2D eigenvalue weighted by molar-refractivity contribution is 0.109. The topological polar surface area (TPSA) is 26.0 Å². The lowest BCUT2D eigenvalue weighted by Crippen LogP contribution is -2.34. The summed E-state index contributed by atoms with van der Waals surface area (Å²) in [6, 6.07) is 0. The molecule has 0 bridgehead atoms. The normalized spacial score (nSPS) is 40.9. The van der Waals surface area contributed by atoms with Crippen molar-refractivity contribution in [3.63, 3.8) is 0 Å². The standard InChI is InChI=1S/C15H29N/c1-2-12-6-5-8-13(10-12)15-9-4-3-7-14(15)11-16/h12-15H,2-11,16H2,1H3. The molecule has 16 heavy (non-hydrogen) atoms. The SMILES string of the molecule is CCC1CCCC(C2CCCCC2CN)C1. The Bertz CT molecular complexity index is 202. The van der Waals surface area contributed by atoms with E-state index < -0.39 is 0 Å². The van der Waals surface area contributed by atoms with Crippen molar-refractivity contribution in [3.05, 3.63) is 0 Å². The maximum Gasteiger partial charge on any atom is -0.00461 e. The minimum Gasteiger partial charge on any atom is -0.330 e. The van der Waals surface area contributed by atoms with Crippen LogP contribution in [0.5, 0.6) is 0 Å². The van der Waals surface area contributed by atoms with Crippen molar-refractivity contribution in [3.8, 4) is 0 Å². The molecule has 2 aliphatic carbocycles. The second kappa shape index (κ2) is 6.05. The monoisotopic (exact) mass is 223 g/mol. The van der Waals surface area contributed by atoms with Crippen molar-refractivity contribution >= 4 is 0 Å². The van der Waals surface area contributed by atoms with Gasteiger partial charge in [0.05, 0.1) is 0 Å². The molecular weight excluding hydrogens is 194 g/mol. The van der Waals surface area contributed by atoms with Crippen LogP contribution >= 0.6 is 0 Å². The van der Waals surface area contributed by atoms with E-state index in [0.29, 0.717) is 0 Å². The smallest absolute Gasteiger partial charge is 0.00461 e. The van der Waals surface area contributed by atoms with Crippen LogP contribution in [0.2, 0.25) is 0 Å². The maximum absolute atomic E-state index is 5.97. The molecule has 0 radical (unpaired) electrons. The average Bonchev–Trinajstić information content (AvgIpc) is 2.38. The number of hydrogen-bond acceptors (Lipinski definition) is 1. The van der Waals surface area contributed by atoms with Crippen LogP contribution in [0.3, 0.4) is 0 Å². The molecule has 0 aliphatic heterocycles. The van der Waals surface area contributed by atoms with E-state index >= 15 is 0 Å². The molecule has 0 aromatic rings. The summed E-state index contributed by atoms with van der Waals surface area (Å²) in [4.78, 5) is 0. The first kappa shape index (κ1) is 12.4. The summed E-state index contributed by atoms with van der Waals surface area (Å²) >= 11 is 0. The fourth-order valence-corrected chi connectivity index (χ4v) is 4.24. The molecule has 0 spiro atoms. The lowest BCUT2D eigenvalue weighted by atomic mass is 9.66. The van der Waals surface area contributed by atoms with Gasteiger partial charge >= 0.3 is 0 Å². The lowest BCUT2D eigenvalue weighted by Gasteiger charge is -2.40. The third-order valence-corrected chi connectivity index (χ3v) is 5.28. The highest BCUT2D eigenvalue weighted by atomic mass is 14.6. The fourth-order valence-electron chi connectivity index (χ4n) is 4.24. The molecule has 2 N–H and O–H groups in total. The molecule has 2 aliphatic rings. The van der Waals surface area contributed by atoms with Crippen LogP contribution in [0.15, 0.2) is 0 Å². The van der Waals surface area contributed by atoms with Gasteiger partial charge in [0.25, 0.3) is 0 Å². The predicted octanol–water partition coefficient (Wildman–Crippen LogP) is 3.97. The van der Waals surface area contributed by atoms with Crippen LogP contribution in [0.1, 0.15) is 64.7 Å². The molecule has 0 aromatic heterocycles. The molecule has 1 heteroatoms. The second-order valence-electron chi connectivity index (χ2n) is 6.15. The third-order valence-electron chi connectivity index (χ3n) is 5.28. The van der Waals surface area contributed by atoms with Gasteiger partial charge in [0.1, 0.15) is 0 Å². The van der Waals surface area contributed by atoms with Crippen LogP contribution in [0, 0.1) is 23.7 Å². The van der Waals surface area contributed by atoms with Crippen molar-refractivity contribution in [1.29, 1.82) is 0 Å². The third kappa shape index (κ3) is 2.80. The first-order valence-electron chi connectivity index (χ1n) is 7.55. The molecule has 0 amide bonds. The summed E-state index contributed by atoms with van der Waals surface area (Å²) in [5.41, 5.74) is 5.97. The molecule has 94 valence electrons. The quantitative estimate of drug-likeness (QED) is 0.770. The van der Waals surface area contributed by atoms with Gasteiger partial charge in [-0.1, -0.05) is 45.4 Å². The Morgan fingerprint density at radius 1 is 1.00 bits per heavy atom. The molecule has 4 unspecified atom stereocenters. The van der Waals surface area contributed by atoms with E-state index in [-0.39, 0.29) is 0 Å². The maximum atomic E-state index is 5.97. The van der Waals surface area contributed by atoms with Gasteiger partial charge in [0.2, 0.25) is 0 Å². The molecule has 0 heterocycles. The Labute approximate surface area is 101 Å². The molecule has 4 atom stereocenters. The first-order valence-corrected chi connectivity index (χ1v) is 7.55. The van der Waals surface area contributed by atoms with E-state index in [9.17, 15) is 0 Å². The van der Waals surface area contributed by atoms with Gasteiger partial charge < -0.3 is 5.73 Å². The summed E-state index contributed by atoms with van der Waals surface area (Å²) in [7, 11) is 0. The van der Waals surface area contributed by atoms with Crippen LogP contribution in [0.4, 0.5) is 0 Å². The van der Waals surface area contributed by atoms with Gasteiger partial charge in [-0.15, -0.1) is 0 Å². The zero-order chi connectivity index (χ0) is 11.4. The van der Waals surface area contributed by atoms with Crippen LogP contribution in [0.25, 0.3) is 0 Å². The van der Waals surface area contributed by atoms with Crippen molar-refractivity contribution in [2.75, 3.05) is 6.54 Å². The van der Waals surface area contributed by atoms with E-state index in [1.54, 1.807) is 0 Å². The molecule has 0 aromatic carbocycles. The largest absolute Gasteiger partial charge is 0.330 e.